The van der Waals surface area contributed by atoms with E-state index in [1.54, 1.807) is 17.4 Å². The third-order valence-corrected chi connectivity index (χ3v) is 3.11. The molecule has 2 rings (SSSR count). The van der Waals surface area contributed by atoms with E-state index in [1.807, 2.05) is 18.8 Å². The van der Waals surface area contributed by atoms with Crippen molar-refractivity contribution in [3.63, 3.8) is 0 Å². The van der Waals surface area contributed by atoms with Gasteiger partial charge in [0.05, 0.1) is 25.5 Å². The normalized spacial score (nSPS) is 22.4. The van der Waals surface area contributed by atoms with Gasteiger partial charge in [-0.1, -0.05) is 9.79 Å². The van der Waals surface area contributed by atoms with Gasteiger partial charge in [-0.3, -0.25) is 4.99 Å². The molecule has 20 heavy (non-hydrogen) atoms. The highest BCUT2D eigenvalue weighted by molar-refractivity contribution is 6.15. The van der Waals surface area contributed by atoms with Crippen molar-refractivity contribution in [2.75, 3.05) is 40.3 Å². The average molecular weight is 280 g/mol. The third-order valence-electron chi connectivity index (χ3n) is 3.11. The molecular weight excluding hydrogens is 256 g/mol. The van der Waals surface area contributed by atoms with Crippen LogP contribution in [-0.4, -0.2) is 74.3 Å². The van der Waals surface area contributed by atoms with Gasteiger partial charge < -0.3 is 5.32 Å². The highest BCUT2D eigenvalue weighted by atomic mass is 15.5. The summed E-state index contributed by atoms with van der Waals surface area (Å²) in [6.45, 7) is 3.92. The number of hydrogen-bond acceptors (Lipinski definition) is 5. The van der Waals surface area contributed by atoms with Crippen LogP contribution < -0.4 is 16.0 Å². The Kier molecular flexibility index (Phi) is 5.48. The van der Waals surface area contributed by atoms with Crippen LogP contribution in [0.25, 0.3) is 0 Å². The van der Waals surface area contributed by atoms with E-state index in [1.165, 1.54) is 6.42 Å². The molecule has 110 valence electrons. The molecule has 1 fully saturated rings. The van der Waals surface area contributed by atoms with Gasteiger partial charge in [-0.2, -0.15) is 5.10 Å². The van der Waals surface area contributed by atoms with Gasteiger partial charge in [-0.25, -0.2) is 15.6 Å². The Balaban J connectivity index is 1.85. The average Bonchev–Trinajstić information content (AvgIpc) is 2.53. The molecule has 0 aromatic rings. The first-order valence-corrected chi connectivity index (χ1v) is 7.04. The second-order valence-electron chi connectivity index (χ2n) is 4.72. The lowest BCUT2D eigenvalue weighted by Crippen LogP contribution is -2.95. The molecule has 4 N–H and O–H groups in total. The van der Waals surface area contributed by atoms with Gasteiger partial charge in [0, 0.05) is 26.6 Å². The second-order valence-corrected chi connectivity index (χ2v) is 4.72. The van der Waals surface area contributed by atoms with Crippen molar-refractivity contribution in [2.24, 2.45) is 15.2 Å². The van der Waals surface area contributed by atoms with E-state index in [0.29, 0.717) is 0 Å². The summed E-state index contributed by atoms with van der Waals surface area (Å²) in [7, 11) is 3.79. The van der Waals surface area contributed by atoms with E-state index < -0.39 is 0 Å². The first-order valence-electron chi connectivity index (χ1n) is 7.04. The number of aliphatic imine (C=N–C) groups is 1. The van der Waals surface area contributed by atoms with Gasteiger partial charge >= 0.3 is 5.96 Å². The fraction of sp³-hybridized carbons (Fsp3) is 0.667. The molecule has 8 nitrogen and oxygen atoms in total. The zero-order valence-electron chi connectivity index (χ0n) is 12.2. The summed E-state index contributed by atoms with van der Waals surface area (Å²) in [5.74, 6) is 1.86. The molecule has 0 saturated carbocycles. The monoisotopic (exact) mass is 280 g/mol. The summed E-state index contributed by atoms with van der Waals surface area (Å²) in [5.41, 5.74) is 0. The summed E-state index contributed by atoms with van der Waals surface area (Å²) in [5, 5.41) is 19.0. The Labute approximate surface area is 119 Å². The van der Waals surface area contributed by atoms with Gasteiger partial charge in [0.2, 0.25) is 5.96 Å². The highest BCUT2D eigenvalue weighted by Crippen LogP contribution is 1.93. The van der Waals surface area contributed by atoms with Crippen molar-refractivity contribution in [1.82, 2.24) is 15.6 Å². The number of guanidine groups is 2. The van der Waals surface area contributed by atoms with E-state index in [4.69, 9.17) is 0 Å². The molecule has 0 aliphatic carbocycles. The van der Waals surface area contributed by atoms with Crippen molar-refractivity contribution < 1.29 is 10.0 Å². The predicted octanol–water partition coefficient (Wildman–Crippen LogP) is -2.21. The van der Waals surface area contributed by atoms with E-state index in [-0.39, 0.29) is 0 Å². The molecule has 8 heteroatoms. The molecule has 0 atom stereocenters. The van der Waals surface area contributed by atoms with Gasteiger partial charge in [-0.05, 0) is 6.42 Å². The Morgan fingerprint density at radius 2 is 2.15 bits per heavy atom. The first kappa shape index (κ1) is 14.4. The summed E-state index contributed by atoms with van der Waals surface area (Å²) < 4.78 is 1.82. The van der Waals surface area contributed by atoms with Crippen LogP contribution in [0.4, 0.5) is 0 Å². The largest absolute Gasteiger partial charge is 0.465 e. The highest BCUT2D eigenvalue weighted by Gasteiger charge is 2.18. The number of quaternary nitrogens is 1. The number of nitrogens with zero attached hydrogens (tertiary/aromatic N) is 5. The molecule has 0 aromatic heterocycles. The number of nitrogens with one attached hydrogen (secondary N) is 2. The molecular formula is C12H24N8+2. The van der Waals surface area contributed by atoms with E-state index in [9.17, 15) is 0 Å². The summed E-state index contributed by atoms with van der Waals surface area (Å²) in [6, 6.07) is 0. The van der Waals surface area contributed by atoms with Crippen LogP contribution >= 0.6 is 0 Å². The molecule has 0 aromatic carbocycles. The van der Waals surface area contributed by atoms with Crippen LogP contribution in [-0.2, 0) is 0 Å². The van der Waals surface area contributed by atoms with Crippen LogP contribution in [0.2, 0.25) is 0 Å². The smallest absolute Gasteiger partial charge is 0.355 e. The quantitative estimate of drug-likeness (QED) is 0.311. The second kappa shape index (κ2) is 7.59. The van der Waals surface area contributed by atoms with Crippen molar-refractivity contribution in [1.29, 1.82) is 0 Å². The standard InChI is InChI=1S/C12H22N8/c1-19(11-13-5-3-6-14-11)17-9-10-18-20(2)12-15-7-4-8-16-12/h9-10H,3-8H2,1-2H3,(H2,13,14,15,16)/p+2/b17-9-,18-10-. The summed E-state index contributed by atoms with van der Waals surface area (Å²) in [4.78, 5) is 4.36. The number of nitrogens with two attached hydrogens (primary N) is 1. The predicted molar refractivity (Wildman–Crippen MR) is 80.3 cm³/mol. The lowest BCUT2D eigenvalue weighted by Gasteiger charge is -2.20. The van der Waals surface area contributed by atoms with Gasteiger partial charge in [-0.15, -0.1) is 0 Å². The van der Waals surface area contributed by atoms with E-state index in [2.05, 4.69) is 31.1 Å². The molecule has 0 radical (unpaired) electrons. The fourth-order valence-electron chi connectivity index (χ4n) is 1.99. The zero-order valence-corrected chi connectivity index (χ0v) is 12.2. The maximum absolute atomic E-state index is 4.36. The number of hydrazone groups is 2. The van der Waals surface area contributed by atoms with Crippen LogP contribution in [0, 0.1) is 0 Å². The van der Waals surface area contributed by atoms with Crippen molar-refractivity contribution in [2.45, 2.75) is 12.8 Å². The van der Waals surface area contributed by atoms with Crippen LogP contribution in [0.1, 0.15) is 12.8 Å². The first-order chi connectivity index (χ1) is 9.77. The maximum Gasteiger partial charge on any atom is 0.465 e. The number of hydrogen-bond donors (Lipinski definition) is 3. The van der Waals surface area contributed by atoms with Gasteiger partial charge in [0.25, 0.3) is 0 Å². The maximum atomic E-state index is 4.36. The Morgan fingerprint density at radius 3 is 2.85 bits per heavy atom. The molecule has 0 amide bonds. The Bertz CT molecular complexity index is 429. The number of rotatable bonds is 3. The third kappa shape index (κ3) is 4.30. The minimum Gasteiger partial charge on any atom is -0.355 e. The molecule has 1 saturated heterocycles. The summed E-state index contributed by atoms with van der Waals surface area (Å²) >= 11 is 0. The lowest BCUT2D eigenvalue weighted by molar-refractivity contribution is -0.635. The fourth-order valence-corrected chi connectivity index (χ4v) is 1.99. The van der Waals surface area contributed by atoms with E-state index in [0.717, 1.165) is 44.5 Å². The van der Waals surface area contributed by atoms with Crippen molar-refractivity contribution in [3.05, 3.63) is 0 Å². The zero-order chi connectivity index (χ0) is 14.2. The Hall–Kier alpha value is -1.96. The molecule has 2 aliphatic rings. The minimum atomic E-state index is 0.811. The van der Waals surface area contributed by atoms with Crippen LogP contribution in [0.15, 0.2) is 15.2 Å². The van der Waals surface area contributed by atoms with Crippen molar-refractivity contribution >= 4 is 24.3 Å². The molecule has 0 unspecified atom stereocenters. The molecule has 2 aliphatic heterocycles. The Morgan fingerprint density at radius 1 is 1.30 bits per heavy atom. The SMILES string of the molecule is CN(/N=C\C=N/[N+](C)=C1NCCC[NH2+]1)C1=NCCCN1. The van der Waals surface area contributed by atoms with Crippen LogP contribution in [0.5, 0.6) is 0 Å². The van der Waals surface area contributed by atoms with Gasteiger partial charge in [0.1, 0.15) is 7.05 Å². The molecule has 0 bridgehead atoms. The topological polar surface area (TPSA) is 84.0 Å². The molecule has 0 spiro atoms. The van der Waals surface area contributed by atoms with Crippen LogP contribution in [0.3, 0.4) is 0 Å². The minimum absolute atomic E-state index is 0.811. The van der Waals surface area contributed by atoms with Gasteiger partial charge in [0.15, 0.2) is 0 Å². The summed E-state index contributed by atoms with van der Waals surface area (Å²) in [6.07, 6.45) is 5.60. The molecule has 2 heterocycles. The van der Waals surface area contributed by atoms with Crippen molar-refractivity contribution in [3.8, 4) is 0 Å². The lowest BCUT2D eigenvalue weighted by atomic mass is 10.4. The van der Waals surface area contributed by atoms with E-state index >= 15 is 0 Å².